The van der Waals surface area contributed by atoms with E-state index < -0.39 is 24.0 Å². The van der Waals surface area contributed by atoms with Gasteiger partial charge in [0.15, 0.2) is 0 Å². The minimum atomic E-state index is -1.06. The number of carboxylic acid groups (broad SMARTS) is 1. The number of rotatable bonds is 8. The molecular weight excluding hydrogens is 304 g/mol. The summed E-state index contributed by atoms with van der Waals surface area (Å²) in [4.78, 5) is 35.6. The number of hydrogen-bond acceptors (Lipinski definition) is 4. The Morgan fingerprint density at radius 2 is 2.05 bits per heavy atom. The van der Waals surface area contributed by atoms with E-state index in [4.69, 9.17) is 0 Å². The molecule has 2 unspecified atom stereocenters. The van der Waals surface area contributed by atoms with Crippen molar-refractivity contribution in [1.29, 1.82) is 0 Å². The Kier molecular flexibility index (Phi) is 7.17. The van der Waals surface area contributed by atoms with E-state index in [0.29, 0.717) is 12.2 Å². The van der Waals surface area contributed by atoms with E-state index in [1.807, 2.05) is 20.1 Å². The lowest BCUT2D eigenvalue weighted by atomic mass is 10.0. The van der Waals surface area contributed by atoms with Crippen molar-refractivity contribution in [2.24, 2.45) is 5.92 Å². The molecule has 0 aliphatic rings. The van der Waals surface area contributed by atoms with Gasteiger partial charge in [-0.25, -0.2) is 4.79 Å². The molecule has 0 saturated carbocycles. The van der Waals surface area contributed by atoms with Crippen molar-refractivity contribution in [2.75, 3.05) is 12.0 Å². The van der Waals surface area contributed by atoms with E-state index in [0.717, 1.165) is 0 Å². The van der Waals surface area contributed by atoms with Crippen LogP contribution in [0.2, 0.25) is 0 Å². The fourth-order valence-corrected chi connectivity index (χ4v) is 2.64. The third kappa shape index (κ3) is 4.91. The van der Waals surface area contributed by atoms with Crippen molar-refractivity contribution in [2.45, 2.75) is 32.4 Å². The number of aliphatic carboxylic acids is 1. The van der Waals surface area contributed by atoms with E-state index in [-0.39, 0.29) is 11.5 Å². The monoisotopic (exact) mass is 326 g/mol. The van der Waals surface area contributed by atoms with Crippen molar-refractivity contribution in [1.82, 2.24) is 9.88 Å². The first-order chi connectivity index (χ1) is 10.4. The normalized spacial score (nSPS) is 13.6. The molecule has 0 bridgehead atoms. The van der Waals surface area contributed by atoms with E-state index in [2.05, 4.69) is 5.32 Å². The summed E-state index contributed by atoms with van der Waals surface area (Å²) in [7, 11) is 0. The molecule has 7 heteroatoms. The Hall–Kier alpha value is -1.76. The molecule has 1 aromatic heterocycles. The van der Waals surface area contributed by atoms with Crippen LogP contribution in [0.25, 0.3) is 0 Å². The Bertz CT molecular complexity index is 571. The van der Waals surface area contributed by atoms with Gasteiger partial charge in [-0.05, 0) is 30.4 Å². The summed E-state index contributed by atoms with van der Waals surface area (Å²) in [6.07, 6.45) is 3.77. The first-order valence-electron chi connectivity index (χ1n) is 7.07. The molecule has 1 amide bonds. The number of carbonyl (C=O) groups is 2. The number of nitrogens with zero attached hydrogens (tertiary/aromatic N) is 1. The minimum Gasteiger partial charge on any atom is -0.480 e. The molecule has 6 nitrogen and oxygen atoms in total. The molecular formula is C15H22N2O4S. The maximum absolute atomic E-state index is 12.5. The summed E-state index contributed by atoms with van der Waals surface area (Å²) in [5, 5.41) is 11.7. The van der Waals surface area contributed by atoms with E-state index in [1.165, 1.54) is 22.4 Å². The van der Waals surface area contributed by atoms with Crippen molar-refractivity contribution >= 4 is 23.6 Å². The number of amides is 1. The lowest BCUT2D eigenvalue weighted by molar-refractivity contribution is -0.142. The second-order valence-electron chi connectivity index (χ2n) is 5.32. The molecule has 1 heterocycles. The van der Waals surface area contributed by atoms with Crippen LogP contribution in [0.4, 0.5) is 0 Å². The van der Waals surface area contributed by atoms with Gasteiger partial charge >= 0.3 is 5.97 Å². The summed E-state index contributed by atoms with van der Waals surface area (Å²) < 4.78 is 1.34. The SMILES string of the molecule is CSCCC(NC(=O)C(C(C)C)n1ccccc1=O)C(=O)O. The van der Waals surface area contributed by atoms with Gasteiger partial charge in [0.25, 0.3) is 5.56 Å². The van der Waals surface area contributed by atoms with Crippen LogP contribution in [0, 0.1) is 5.92 Å². The van der Waals surface area contributed by atoms with Gasteiger partial charge in [0.1, 0.15) is 12.1 Å². The minimum absolute atomic E-state index is 0.143. The van der Waals surface area contributed by atoms with Crippen molar-refractivity contribution in [3.8, 4) is 0 Å². The maximum Gasteiger partial charge on any atom is 0.326 e. The number of carboxylic acids is 1. The molecule has 22 heavy (non-hydrogen) atoms. The highest BCUT2D eigenvalue weighted by atomic mass is 32.2. The number of thioether (sulfide) groups is 1. The summed E-state index contributed by atoms with van der Waals surface area (Å²) in [6, 6.07) is 2.98. The van der Waals surface area contributed by atoms with Crippen molar-refractivity contribution in [3.63, 3.8) is 0 Å². The summed E-state index contributed by atoms with van der Waals surface area (Å²) in [6.45, 7) is 3.64. The van der Waals surface area contributed by atoms with Gasteiger partial charge in [0, 0.05) is 12.3 Å². The summed E-state index contributed by atoms with van der Waals surface area (Å²) in [5.74, 6) is -1.02. The molecule has 0 spiro atoms. The molecule has 0 fully saturated rings. The van der Waals surface area contributed by atoms with Crippen LogP contribution < -0.4 is 10.9 Å². The standard InChI is InChI=1S/C15H22N2O4S/c1-10(2)13(17-8-5-4-6-12(17)18)14(19)16-11(15(20)21)7-9-22-3/h4-6,8,10-11,13H,7,9H2,1-3H3,(H,16,19)(H,20,21). The molecule has 1 rings (SSSR count). The molecule has 2 atom stereocenters. The largest absolute Gasteiger partial charge is 0.480 e. The number of carbonyl (C=O) groups excluding carboxylic acids is 1. The zero-order chi connectivity index (χ0) is 16.7. The highest BCUT2D eigenvalue weighted by Crippen LogP contribution is 2.16. The predicted molar refractivity (Wildman–Crippen MR) is 87.1 cm³/mol. The third-order valence-corrected chi connectivity index (χ3v) is 3.92. The van der Waals surface area contributed by atoms with E-state index >= 15 is 0 Å². The average Bonchev–Trinajstić information content (AvgIpc) is 2.45. The van der Waals surface area contributed by atoms with E-state index in [9.17, 15) is 19.5 Å². The van der Waals surface area contributed by atoms with Gasteiger partial charge in [-0.3, -0.25) is 9.59 Å². The van der Waals surface area contributed by atoms with Crippen LogP contribution in [0.1, 0.15) is 26.3 Å². The molecule has 0 saturated heterocycles. The first kappa shape index (κ1) is 18.3. The summed E-state index contributed by atoms with van der Waals surface area (Å²) >= 11 is 1.52. The zero-order valence-electron chi connectivity index (χ0n) is 13.0. The molecule has 0 radical (unpaired) electrons. The molecule has 1 aromatic rings. The number of aromatic nitrogens is 1. The van der Waals surface area contributed by atoms with Gasteiger partial charge in [-0.15, -0.1) is 0 Å². The average molecular weight is 326 g/mol. The van der Waals surface area contributed by atoms with Gasteiger partial charge in [-0.1, -0.05) is 19.9 Å². The van der Waals surface area contributed by atoms with Crippen LogP contribution in [0.5, 0.6) is 0 Å². The first-order valence-corrected chi connectivity index (χ1v) is 8.47. The summed E-state index contributed by atoms with van der Waals surface area (Å²) in [5.41, 5.74) is -0.285. The maximum atomic E-state index is 12.5. The van der Waals surface area contributed by atoms with E-state index in [1.54, 1.807) is 18.3 Å². The lowest BCUT2D eigenvalue weighted by Crippen LogP contribution is -2.47. The van der Waals surface area contributed by atoms with Crippen LogP contribution in [-0.2, 0) is 9.59 Å². The fourth-order valence-electron chi connectivity index (χ4n) is 2.17. The van der Waals surface area contributed by atoms with Gasteiger partial charge in [0.05, 0.1) is 0 Å². The van der Waals surface area contributed by atoms with Gasteiger partial charge in [0.2, 0.25) is 5.91 Å². The fraction of sp³-hybridized carbons (Fsp3) is 0.533. The Balaban J connectivity index is 2.97. The predicted octanol–water partition coefficient (Wildman–Crippen LogP) is 1.37. The van der Waals surface area contributed by atoms with Gasteiger partial charge < -0.3 is 15.0 Å². The quantitative estimate of drug-likeness (QED) is 0.753. The molecule has 0 aliphatic heterocycles. The Labute approximate surface area is 133 Å². The smallest absolute Gasteiger partial charge is 0.326 e. The molecule has 0 aromatic carbocycles. The molecule has 0 aliphatic carbocycles. The zero-order valence-corrected chi connectivity index (χ0v) is 13.8. The topological polar surface area (TPSA) is 88.4 Å². The van der Waals surface area contributed by atoms with Crippen LogP contribution in [-0.4, -0.2) is 39.6 Å². The highest BCUT2D eigenvalue weighted by Gasteiger charge is 2.28. The third-order valence-electron chi connectivity index (χ3n) is 3.28. The lowest BCUT2D eigenvalue weighted by Gasteiger charge is -2.24. The van der Waals surface area contributed by atoms with Crippen molar-refractivity contribution < 1.29 is 14.7 Å². The number of pyridine rings is 1. The Morgan fingerprint density at radius 1 is 1.36 bits per heavy atom. The number of nitrogens with one attached hydrogen (secondary N) is 1. The second kappa shape index (κ2) is 8.63. The molecule has 2 N–H and O–H groups in total. The van der Waals surface area contributed by atoms with Gasteiger partial charge in [-0.2, -0.15) is 11.8 Å². The highest BCUT2D eigenvalue weighted by molar-refractivity contribution is 7.98. The van der Waals surface area contributed by atoms with Crippen LogP contribution >= 0.6 is 11.8 Å². The second-order valence-corrected chi connectivity index (χ2v) is 6.30. The van der Waals surface area contributed by atoms with Crippen molar-refractivity contribution in [3.05, 3.63) is 34.7 Å². The Morgan fingerprint density at radius 3 is 2.55 bits per heavy atom. The number of hydrogen-bond donors (Lipinski definition) is 2. The molecule has 122 valence electrons. The van der Waals surface area contributed by atoms with Crippen LogP contribution in [0.15, 0.2) is 29.2 Å². The van der Waals surface area contributed by atoms with Crippen LogP contribution in [0.3, 0.4) is 0 Å².